The van der Waals surface area contributed by atoms with E-state index in [1.54, 1.807) is 25.1 Å². The molecule has 2 aromatic rings. The smallest absolute Gasteiger partial charge is 0.264 e. The van der Waals surface area contributed by atoms with Crippen LogP contribution in [0.1, 0.15) is 11.4 Å². The van der Waals surface area contributed by atoms with Gasteiger partial charge in [-0.2, -0.15) is 4.39 Å². The standard InChI is InChI=1S/C13H10ClF2NO3S/c1-8-3-2-4-9(17-8)7-20-10-5-6-11(21(14,18)19)13(16)12(10)15/h2-6H,7H2,1H3. The minimum atomic E-state index is -4.36. The summed E-state index contributed by atoms with van der Waals surface area (Å²) in [6, 6.07) is 7.05. The monoisotopic (exact) mass is 333 g/mol. The van der Waals surface area contributed by atoms with Gasteiger partial charge in [-0.25, -0.2) is 12.8 Å². The molecule has 0 amide bonds. The Balaban J connectivity index is 2.24. The first kappa shape index (κ1) is 15.7. The zero-order valence-corrected chi connectivity index (χ0v) is 12.4. The van der Waals surface area contributed by atoms with Gasteiger partial charge in [-0.15, -0.1) is 0 Å². The van der Waals surface area contributed by atoms with Crippen molar-refractivity contribution in [2.45, 2.75) is 18.4 Å². The first-order chi connectivity index (χ1) is 9.79. The maximum atomic E-state index is 13.7. The van der Waals surface area contributed by atoms with Crippen molar-refractivity contribution in [1.29, 1.82) is 0 Å². The lowest BCUT2D eigenvalue weighted by atomic mass is 10.3. The molecule has 0 bridgehead atoms. The molecule has 1 aromatic heterocycles. The summed E-state index contributed by atoms with van der Waals surface area (Å²) in [6.45, 7) is 1.70. The Morgan fingerprint density at radius 3 is 2.52 bits per heavy atom. The number of pyridine rings is 1. The summed E-state index contributed by atoms with van der Waals surface area (Å²) in [5.74, 6) is -3.40. The molecular formula is C13H10ClF2NO3S. The van der Waals surface area contributed by atoms with E-state index in [-0.39, 0.29) is 6.61 Å². The number of rotatable bonds is 4. The van der Waals surface area contributed by atoms with Gasteiger partial charge in [-0.1, -0.05) is 6.07 Å². The van der Waals surface area contributed by atoms with Gasteiger partial charge in [0.1, 0.15) is 11.5 Å². The van der Waals surface area contributed by atoms with Gasteiger partial charge < -0.3 is 4.74 Å². The third-order valence-electron chi connectivity index (χ3n) is 2.60. The SMILES string of the molecule is Cc1cccc(COc2ccc(S(=O)(=O)Cl)c(F)c2F)n1. The average Bonchev–Trinajstić information content (AvgIpc) is 2.39. The van der Waals surface area contributed by atoms with Crippen LogP contribution in [0.3, 0.4) is 0 Å². The van der Waals surface area contributed by atoms with Crippen LogP contribution >= 0.6 is 10.7 Å². The molecule has 0 radical (unpaired) electrons. The van der Waals surface area contributed by atoms with Gasteiger partial charge in [-0.3, -0.25) is 4.98 Å². The second kappa shape index (κ2) is 5.95. The first-order valence-electron chi connectivity index (χ1n) is 5.77. The molecule has 0 spiro atoms. The number of hydrogen-bond acceptors (Lipinski definition) is 4. The van der Waals surface area contributed by atoms with Crippen molar-refractivity contribution in [3.8, 4) is 5.75 Å². The Morgan fingerprint density at radius 1 is 1.19 bits per heavy atom. The minimum absolute atomic E-state index is 0.0784. The molecule has 2 rings (SSSR count). The fourth-order valence-corrected chi connectivity index (χ4v) is 2.54. The van der Waals surface area contributed by atoms with E-state index in [0.29, 0.717) is 5.69 Å². The Hall–Kier alpha value is -1.73. The quantitative estimate of drug-likeness (QED) is 0.806. The number of halogens is 3. The van der Waals surface area contributed by atoms with E-state index in [4.69, 9.17) is 15.4 Å². The van der Waals surface area contributed by atoms with E-state index in [1.165, 1.54) is 0 Å². The molecule has 0 aliphatic heterocycles. The number of aromatic nitrogens is 1. The lowest BCUT2D eigenvalue weighted by molar-refractivity contribution is 0.279. The summed E-state index contributed by atoms with van der Waals surface area (Å²) in [5.41, 5.74) is 1.29. The van der Waals surface area contributed by atoms with E-state index < -0.39 is 31.3 Å². The summed E-state index contributed by atoms with van der Waals surface area (Å²) in [6.07, 6.45) is 0. The van der Waals surface area contributed by atoms with Gasteiger partial charge in [0.25, 0.3) is 9.05 Å². The van der Waals surface area contributed by atoms with Gasteiger partial charge in [0.2, 0.25) is 5.82 Å². The van der Waals surface area contributed by atoms with Gasteiger partial charge >= 0.3 is 0 Å². The molecule has 21 heavy (non-hydrogen) atoms. The molecule has 112 valence electrons. The fraction of sp³-hybridized carbons (Fsp3) is 0.154. The van der Waals surface area contributed by atoms with Crippen LogP contribution in [0, 0.1) is 18.6 Å². The second-order valence-electron chi connectivity index (χ2n) is 4.19. The molecule has 0 N–H and O–H groups in total. The minimum Gasteiger partial charge on any atom is -0.484 e. The van der Waals surface area contributed by atoms with Crippen LogP contribution in [0.25, 0.3) is 0 Å². The Bertz CT molecular complexity index is 781. The lowest BCUT2D eigenvalue weighted by Crippen LogP contribution is -2.04. The van der Waals surface area contributed by atoms with Gasteiger partial charge in [0, 0.05) is 16.4 Å². The largest absolute Gasteiger partial charge is 0.484 e. The van der Waals surface area contributed by atoms with Crippen molar-refractivity contribution < 1.29 is 21.9 Å². The topological polar surface area (TPSA) is 56.3 Å². The third kappa shape index (κ3) is 3.68. The Kier molecular flexibility index (Phi) is 4.43. The van der Waals surface area contributed by atoms with Crippen molar-refractivity contribution in [3.05, 3.63) is 53.4 Å². The van der Waals surface area contributed by atoms with Gasteiger partial charge in [0.15, 0.2) is 11.6 Å². The molecule has 0 unspecified atom stereocenters. The molecule has 8 heteroatoms. The molecule has 0 aliphatic rings. The summed E-state index contributed by atoms with van der Waals surface area (Å²) in [4.78, 5) is 3.21. The zero-order valence-electron chi connectivity index (χ0n) is 10.8. The Labute approximate surface area is 124 Å². The molecule has 1 aromatic carbocycles. The van der Waals surface area contributed by atoms with Crippen LogP contribution < -0.4 is 4.74 Å². The van der Waals surface area contributed by atoms with Crippen LogP contribution in [0.2, 0.25) is 0 Å². The summed E-state index contributed by atoms with van der Waals surface area (Å²) in [5, 5.41) is 0. The van der Waals surface area contributed by atoms with Crippen molar-refractivity contribution in [3.63, 3.8) is 0 Å². The number of aryl methyl sites for hydroxylation is 1. The predicted octanol–water partition coefficient (Wildman–Crippen LogP) is 3.17. The highest BCUT2D eigenvalue weighted by Gasteiger charge is 2.22. The normalized spacial score (nSPS) is 11.4. The van der Waals surface area contributed by atoms with Crippen molar-refractivity contribution >= 4 is 19.7 Å². The second-order valence-corrected chi connectivity index (χ2v) is 6.72. The summed E-state index contributed by atoms with van der Waals surface area (Å²) in [7, 11) is 0.637. The lowest BCUT2D eigenvalue weighted by Gasteiger charge is -2.09. The molecular weight excluding hydrogens is 324 g/mol. The van der Waals surface area contributed by atoms with Crippen molar-refractivity contribution in [2.75, 3.05) is 0 Å². The molecule has 0 saturated carbocycles. The van der Waals surface area contributed by atoms with E-state index >= 15 is 0 Å². The van der Waals surface area contributed by atoms with Crippen molar-refractivity contribution in [1.82, 2.24) is 4.98 Å². The predicted molar refractivity (Wildman–Crippen MR) is 72.7 cm³/mol. The highest BCUT2D eigenvalue weighted by Crippen LogP contribution is 2.27. The average molecular weight is 334 g/mol. The van der Waals surface area contributed by atoms with E-state index in [0.717, 1.165) is 17.8 Å². The molecule has 1 heterocycles. The third-order valence-corrected chi connectivity index (χ3v) is 3.94. The molecule has 0 fully saturated rings. The first-order valence-corrected chi connectivity index (χ1v) is 8.08. The van der Waals surface area contributed by atoms with Gasteiger partial charge in [0.05, 0.1) is 5.69 Å². The number of hydrogen-bond donors (Lipinski definition) is 0. The zero-order chi connectivity index (χ0) is 15.6. The number of nitrogens with zero attached hydrogens (tertiary/aromatic N) is 1. The maximum Gasteiger partial charge on any atom is 0.264 e. The molecule has 4 nitrogen and oxygen atoms in total. The summed E-state index contributed by atoms with van der Waals surface area (Å²) < 4.78 is 54.5. The van der Waals surface area contributed by atoms with Crippen LogP contribution in [-0.2, 0) is 15.7 Å². The van der Waals surface area contributed by atoms with E-state index in [1.807, 2.05) is 0 Å². The van der Waals surface area contributed by atoms with Crippen LogP contribution in [0.15, 0.2) is 35.2 Å². The van der Waals surface area contributed by atoms with E-state index in [2.05, 4.69) is 4.98 Å². The van der Waals surface area contributed by atoms with Crippen LogP contribution in [0.5, 0.6) is 5.75 Å². The van der Waals surface area contributed by atoms with Crippen LogP contribution in [-0.4, -0.2) is 13.4 Å². The highest BCUT2D eigenvalue weighted by molar-refractivity contribution is 8.13. The number of ether oxygens (including phenoxy) is 1. The molecule has 0 atom stereocenters. The van der Waals surface area contributed by atoms with Crippen LogP contribution in [0.4, 0.5) is 8.78 Å². The fourth-order valence-electron chi connectivity index (χ4n) is 1.65. The maximum absolute atomic E-state index is 13.7. The van der Waals surface area contributed by atoms with Crippen molar-refractivity contribution in [2.24, 2.45) is 0 Å². The molecule has 0 saturated heterocycles. The highest BCUT2D eigenvalue weighted by atomic mass is 35.7. The Morgan fingerprint density at radius 2 is 1.90 bits per heavy atom. The number of benzene rings is 1. The summed E-state index contributed by atoms with van der Waals surface area (Å²) >= 11 is 0. The van der Waals surface area contributed by atoms with Gasteiger partial charge in [-0.05, 0) is 31.2 Å². The molecule has 0 aliphatic carbocycles. The van der Waals surface area contributed by atoms with E-state index in [9.17, 15) is 17.2 Å².